The molecule has 0 radical (unpaired) electrons. The second kappa shape index (κ2) is 3.68. The van der Waals surface area contributed by atoms with Gasteiger partial charge in [0, 0.05) is 25.1 Å². The smallest absolute Gasteiger partial charge is 0.255 e. The number of fused-ring (bicyclic) bond motifs is 1. The zero-order valence-corrected chi connectivity index (χ0v) is 9.25. The standard InChI is InChI=1S/C11H15N3O2/c1-6-9-8(4-12-6)13-10(14-11(9)15)7-2-3-16-5-7/h6-7,12H,2-5H2,1H3,(H,13,14,15). The SMILES string of the molecule is CC1NCc2nc(C3CCOC3)[nH]c(=O)c21. The molecule has 1 aromatic rings. The monoisotopic (exact) mass is 221 g/mol. The Labute approximate surface area is 93.2 Å². The highest BCUT2D eigenvalue weighted by Crippen LogP contribution is 2.24. The summed E-state index contributed by atoms with van der Waals surface area (Å²) in [5.41, 5.74) is 1.70. The summed E-state index contributed by atoms with van der Waals surface area (Å²) in [6.45, 7) is 4.12. The van der Waals surface area contributed by atoms with E-state index in [0.717, 1.165) is 30.1 Å². The molecule has 0 spiro atoms. The number of nitrogens with zero attached hydrogens (tertiary/aromatic N) is 1. The molecule has 5 heteroatoms. The molecule has 0 amide bonds. The van der Waals surface area contributed by atoms with Crippen molar-refractivity contribution in [3.05, 3.63) is 27.4 Å². The molecule has 2 aliphatic rings. The van der Waals surface area contributed by atoms with E-state index in [0.29, 0.717) is 13.2 Å². The number of aromatic amines is 1. The van der Waals surface area contributed by atoms with Gasteiger partial charge in [-0.2, -0.15) is 0 Å². The first kappa shape index (κ1) is 9.99. The molecule has 86 valence electrons. The molecule has 0 saturated carbocycles. The second-order valence-corrected chi connectivity index (χ2v) is 4.47. The Morgan fingerprint density at radius 2 is 2.38 bits per heavy atom. The molecule has 0 bridgehead atoms. The summed E-state index contributed by atoms with van der Waals surface area (Å²) in [6.07, 6.45) is 0.949. The van der Waals surface area contributed by atoms with Crippen molar-refractivity contribution in [1.82, 2.24) is 15.3 Å². The van der Waals surface area contributed by atoms with E-state index >= 15 is 0 Å². The average Bonchev–Trinajstić information content (AvgIpc) is 2.87. The average molecular weight is 221 g/mol. The predicted octanol–water partition coefficient (Wildman–Crippen LogP) is 0.438. The lowest BCUT2D eigenvalue weighted by atomic mass is 10.1. The lowest BCUT2D eigenvalue weighted by Crippen LogP contribution is -2.21. The van der Waals surface area contributed by atoms with Gasteiger partial charge in [-0.3, -0.25) is 4.79 Å². The Morgan fingerprint density at radius 1 is 1.50 bits per heavy atom. The van der Waals surface area contributed by atoms with E-state index in [2.05, 4.69) is 15.3 Å². The van der Waals surface area contributed by atoms with Crippen LogP contribution in [0.2, 0.25) is 0 Å². The Morgan fingerprint density at radius 3 is 3.12 bits per heavy atom. The van der Waals surface area contributed by atoms with Gasteiger partial charge in [-0.1, -0.05) is 0 Å². The van der Waals surface area contributed by atoms with Crippen LogP contribution in [0.4, 0.5) is 0 Å². The van der Waals surface area contributed by atoms with Crippen molar-refractivity contribution in [1.29, 1.82) is 0 Å². The molecule has 2 unspecified atom stereocenters. The normalized spacial score (nSPS) is 28.3. The lowest BCUT2D eigenvalue weighted by Gasteiger charge is -2.09. The molecule has 5 nitrogen and oxygen atoms in total. The van der Waals surface area contributed by atoms with Gasteiger partial charge in [-0.15, -0.1) is 0 Å². The molecule has 1 saturated heterocycles. The van der Waals surface area contributed by atoms with E-state index in [1.807, 2.05) is 6.92 Å². The topological polar surface area (TPSA) is 67.0 Å². The van der Waals surface area contributed by atoms with E-state index in [4.69, 9.17) is 4.74 Å². The van der Waals surface area contributed by atoms with Crippen LogP contribution in [0.1, 0.15) is 42.4 Å². The molecule has 1 fully saturated rings. The van der Waals surface area contributed by atoms with Gasteiger partial charge in [-0.05, 0) is 13.3 Å². The molecule has 3 rings (SSSR count). The number of ether oxygens (including phenoxy) is 1. The van der Waals surface area contributed by atoms with Crippen molar-refractivity contribution in [3.8, 4) is 0 Å². The van der Waals surface area contributed by atoms with Gasteiger partial charge in [-0.25, -0.2) is 4.98 Å². The van der Waals surface area contributed by atoms with Gasteiger partial charge in [0.05, 0.1) is 17.9 Å². The van der Waals surface area contributed by atoms with Crippen LogP contribution in [-0.4, -0.2) is 23.2 Å². The molecule has 16 heavy (non-hydrogen) atoms. The molecular formula is C11H15N3O2. The molecule has 2 N–H and O–H groups in total. The van der Waals surface area contributed by atoms with E-state index in [1.165, 1.54) is 0 Å². The van der Waals surface area contributed by atoms with E-state index in [-0.39, 0.29) is 17.5 Å². The van der Waals surface area contributed by atoms with Crippen molar-refractivity contribution in [2.75, 3.05) is 13.2 Å². The Bertz CT molecular complexity index is 463. The van der Waals surface area contributed by atoms with Gasteiger partial charge in [0.25, 0.3) is 5.56 Å². The van der Waals surface area contributed by atoms with Crippen LogP contribution in [-0.2, 0) is 11.3 Å². The third-order valence-corrected chi connectivity index (χ3v) is 3.38. The fourth-order valence-corrected chi connectivity index (χ4v) is 2.42. The van der Waals surface area contributed by atoms with Crippen LogP contribution >= 0.6 is 0 Å². The number of rotatable bonds is 1. The fraction of sp³-hybridized carbons (Fsp3) is 0.636. The zero-order chi connectivity index (χ0) is 11.1. The molecule has 3 heterocycles. The van der Waals surface area contributed by atoms with Gasteiger partial charge in [0.15, 0.2) is 0 Å². The number of hydrogen-bond donors (Lipinski definition) is 2. The van der Waals surface area contributed by atoms with Crippen LogP contribution in [0.5, 0.6) is 0 Å². The number of H-pyrrole nitrogens is 1. The van der Waals surface area contributed by atoms with Gasteiger partial charge in [0.1, 0.15) is 5.82 Å². The van der Waals surface area contributed by atoms with Crippen molar-refractivity contribution in [2.24, 2.45) is 0 Å². The maximum absolute atomic E-state index is 11.9. The first-order chi connectivity index (χ1) is 7.75. The highest BCUT2D eigenvalue weighted by Gasteiger charge is 2.26. The van der Waals surface area contributed by atoms with Gasteiger partial charge in [0.2, 0.25) is 0 Å². The van der Waals surface area contributed by atoms with Crippen LogP contribution < -0.4 is 10.9 Å². The predicted molar refractivity (Wildman–Crippen MR) is 58.3 cm³/mol. The highest BCUT2D eigenvalue weighted by molar-refractivity contribution is 5.26. The summed E-state index contributed by atoms with van der Waals surface area (Å²) in [5.74, 6) is 1.05. The van der Waals surface area contributed by atoms with Crippen molar-refractivity contribution in [3.63, 3.8) is 0 Å². The molecule has 1 aromatic heterocycles. The lowest BCUT2D eigenvalue weighted by molar-refractivity contribution is 0.193. The van der Waals surface area contributed by atoms with Crippen LogP contribution in [0, 0.1) is 0 Å². The van der Waals surface area contributed by atoms with E-state index in [9.17, 15) is 4.79 Å². The number of hydrogen-bond acceptors (Lipinski definition) is 4. The number of aromatic nitrogens is 2. The Balaban J connectivity index is 2.04. The van der Waals surface area contributed by atoms with Crippen LogP contribution in [0.3, 0.4) is 0 Å². The Kier molecular flexibility index (Phi) is 2.29. The van der Waals surface area contributed by atoms with E-state index < -0.39 is 0 Å². The summed E-state index contributed by atoms with van der Waals surface area (Å²) >= 11 is 0. The van der Waals surface area contributed by atoms with Crippen molar-refractivity contribution < 1.29 is 4.74 Å². The highest BCUT2D eigenvalue weighted by atomic mass is 16.5. The van der Waals surface area contributed by atoms with Crippen molar-refractivity contribution >= 4 is 0 Å². The maximum Gasteiger partial charge on any atom is 0.255 e. The molecule has 0 aliphatic carbocycles. The third kappa shape index (κ3) is 1.47. The van der Waals surface area contributed by atoms with Crippen LogP contribution in [0.15, 0.2) is 4.79 Å². The minimum Gasteiger partial charge on any atom is -0.381 e. The summed E-state index contributed by atoms with van der Waals surface area (Å²) in [4.78, 5) is 19.4. The number of nitrogens with one attached hydrogen (secondary N) is 2. The van der Waals surface area contributed by atoms with Gasteiger partial charge < -0.3 is 15.0 Å². The summed E-state index contributed by atoms with van der Waals surface area (Å²) in [5, 5.41) is 3.23. The molecule has 0 aromatic carbocycles. The van der Waals surface area contributed by atoms with E-state index in [1.54, 1.807) is 0 Å². The molecule has 2 atom stereocenters. The van der Waals surface area contributed by atoms with Gasteiger partial charge >= 0.3 is 0 Å². The summed E-state index contributed by atoms with van der Waals surface area (Å²) in [7, 11) is 0. The maximum atomic E-state index is 11.9. The quantitative estimate of drug-likeness (QED) is 0.722. The summed E-state index contributed by atoms with van der Waals surface area (Å²) in [6, 6.07) is 0.111. The first-order valence-electron chi connectivity index (χ1n) is 5.70. The first-order valence-corrected chi connectivity index (χ1v) is 5.70. The second-order valence-electron chi connectivity index (χ2n) is 4.47. The summed E-state index contributed by atoms with van der Waals surface area (Å²) < 4.78 is 5.31. The van der Waals surface area contributed by atoms with Crippen molar-refractivity contribution in [2.45, 2.75) is 31.8 Å². The largest absolute Gasteiger partial charge is 0.381 e. The minimum absolute atomic E-state index is 0.00407. The molecular weight excluding hydrogens is 206 g/mol. The molecule has 2 aliphatic heterocycles. The zero-order valence-electron chi connectivity index (χ0n) is 9.25. The Hall–Kier alpha value is -1.20. The minimum atomic E-state index is 0.00407. The third-order valence-electron chi connectivity index (χ3n) is 3.38. The van der Waals surface area contributed by atoms with Crippen LogP contribution in [0.25, 0.3) is 0 Å². The fourth-order valence-electron chi connectivity index (χ4n) is 2.42.